The van der Waals surface area contributed by atoms with Gasteiger partial charge in [0.2, 0.25) is 5.95 Å². The van der Waals surface area contributed by atoms with Crippen molar-refractivity contribution < 1.29 is 14.3 Å². The molecule has 0 saturated carbocycles. The van der Waals surface area contributed by atoms with E-state index >= 15 is 0 Å². The molecule has 1 aliphatic rings. The molecule has 4 rings (SSSR count). The number of aromatic nitrogens is 4. The number of nitrogens with zero attached hydrogens (tertiary/aromatic N) is 5. The summed E-state index contributed by atoms with van der Waals surface area (Å²) in [5.74, 6) is 0.809. The Morgan fingerprint density at radius 2 is 2.13 bits per heavy atom. The van der Waals surface area contributed by atoms with E-state index in [-0.39, 0.29) is 18.0 Å². The number of rotatable bonds is 5. The second kappa shape index (κ2) is 8.92. The first-order valence-corrected chi connectivity index (χ1v) is 9.71. The number of nitrogens with one attached hydrogen (secondary N) is 1. The first-order valence-electron chi connectivity index (χ1n) is 9.71. The Morgan fingerprint density at radius 1 is 1.26 bits per heavy atom. The number of hydrogen-bond acceptors (Lipinski definition) is 8. The molecule has 10 heteroatoms. The third kappa shape index (κ3) is 4.53. The van der Waals surface area contributed by atoms with Crippen LogP contribution in [-0.2, 0) is 16.6 Å². The molecule has 1 fully saturated rings. The van der Waals surface area contributed by atoms with E-state index in [0.717, 1.165) is 0 Å². The average Bonchev–Trinajstić information content (AvgIpc) is 2.81. The molecule has 0 radical (unpaired) electrons. The van der Waals surface area contributed by atoms with Crippen molar-refractivity contribution in [3.8, 4) is 17.1 Å². The fraction of sp³-hybridized carbons (Fsp3) is 0.286. The highest BCUT2D eigenvalue weighted by molar-refractivity contribution is 5.94. The Morgan fingerprint density at radius 3 is 2.90 bits per heavy atom. The zero-order valence-electron chi connectivity index (χ0n) is 17.2. The normalized spacial score (nSPS) is 16.1. The van der Waals surface area contributed by atoms with E-state index in [2.05, 4.69) is 20.3 Å². The van der Waals surface area contributed by atoms with Gasteiger partial charge in [-0.25, -0.2) is 15.0 Å². The Balaban J connectivity index is 1.55. The van der Waals surface area contributed by atoms with Crippen molar-refractivity contribution in [2.45, 2.75) is 6.10 Å². The highest BCUT2D eigenvalue weighted by Gasteiger charge is 2.29. The van der Waals surface area contributed by atoms with Crippen LogP contribution in [0.5, 0.6) is 5.75 Å². The van der Waals surface area contributed by atoms with Gasteiger partial charge in [-0.15, -0.1) is 0 Å². The number of amides is 1. The number of ether oxygens (including phenoxy) is 2. The lowest BCUT2D eigenvalue weighted by atomic mass is 10.2. The predicted molar refractivity (Wildman–Crippen MR) is 114 cm³/mol. The topological polar surface area (TPSA) is 111 Å². The van der Waals surface area contributed by atoms with E-state index in [0.29, 0.717) is 41.9 Å². The molecule has 1 amide bonds. The smallest absolute Gasteiger partial charge is 0.255 e. The fourth-order valence-corrected chi connectivity index (χ4v) is 3.30. The summed E-state index contributed by atoms with van der Waals surface area (Å²) >= 11 is 0. The molecule has 1 N–H and O–H groups in total. The van der Waals surface area contributed by atoms with Crippen molar-refractivity contribution >= 4 is 17.5 Å². The van der Waals surface area contributed by atoms with Crippen LogP contribution in [0.15, 0.2) is 53.7 Å². The van der Waals surface area contributed by atoms with Gasteiger partial charge in [-0.2, -0.15) is 0 Å². The molecule has 0 spiro atoms. The number of benzene rings is 1. The van der Waals surface area contributed by atoms with E-state index in [1.807, 2.05) is 4.90 Å². The molecule has 0 aliphatic carbocycles. The van der Waals surface area contributed by atoms with Crippen molar-refractivity contribution in [2.75, 3.05) is 37.0 Å². The maximum absolute atomic E-state index is 12.8. The number of methoxy groups -OCH3 is 1. The molecule has 3 aromatic rings. The van der Waals surface area contributed by atoms with E-state index in [1.54, 1.807) is 50.7 Å². The number of hydrogen-bond donors (Lipinski definition) is 1. The molecular formula is C21H22N6O4. The third-order valence-corrected chi connectivity index (χ3v) is 4.93. The first kappa shape index (κ1) is 20.5. The quantitative estimate of drug-likeness (QED) is 0.650. The van der Waals surface area contributed by atoms with Gasteiger partial charge in [0.1, 0.15) is 12.1 Å². The van der Waals surface area contributed by atoms with Gasteiger partial charge in [0.25, 0.3) is 11.5 Å². The lowest BCUT2D eigenvalue weighted by Crippen LogP contribution is -2.49. The summed E-state index contributed by atoms with van der Waals surface area (Å²) in [6.07, 6.45) is 2.27. The summed E-state index contributed by atoms with van der Waals surface area (Å²) < 4.78 is 12.3. The van der Waals surface area contributed by atoms with Gasteiger partial charge in [-0.1, -0.05) is 6.07 Å². The molecule has 31 heavy (non-hydrogen) atoms. The Hall–Kier alpha value is -3.79. The summed E-state index contributed by atoms with van der Waals surface area (Å²) in [7, 11) is 3.21. The van der Waals surface area contributed by atoms with Crippen LogP contribution in [0.2, 0.25) is 0 Å². The number of morpholine rings is 1. The minimum absolute atomic E-state index is 0.220. The van der Waals surface area contributed by atoms with Gasteiger partial charge in [0.15, 0.2) is 6.10 Å². The van der Waals surface area contributed by atoms with Crippen LogP contribution in [0, 0.1) is 0 Å². The van der Waals surface area contributed by atoms with Crippen LogP contribution in [0.3, 0.4) is 0 Å². The van der Waals surface area contributed by atoms with Crippen molar-refractivity contribution in [1.82, 2.24) is 19.5 Å². The average molecular weight is 422 g/mol. The molecule has 1 aromatic carbocycles. The van der Waals surface area contributed by atoms with Crippen LogP contribution in [0.25, 0.3) is 11.4 Å². The standard InChI is InChI=1S/C21H22N6O4/c1-26-19(28)11-17(16-6-7-22-13-23-16)25-21(26)27-8-9-31-18(12-27)20(29)24-14-4-3-5-15(10-14)30-2/h3-7,10-11,13,18H,8-9,12H2,1-2H3,(H,24,29). The second-order valence-electron chi connectivity index (χ2n) is 6.96. The monoisotopic (exact) mass is 422 g/mol. The molecule has 1 unspecified atom stereocenters. The number of carbonyl (C=O) groups is 1. The van der Waals surface area contributed by atoms with E-state index < -0.39 is 6.10 Å². The lowest BCUT2D eigenvalue weighted by molar-refractivity contribution is -0.128. The Labute approximate surface area is 178 Å². The van der Waals surface area contributed by atoms with Gasteiger partial charge in [0, 0.05) is 37.6 Å². The fourth-order valence-electron chi connectivity index (χ4n) is 3.30. The third-order valence-electron chi connectivity index (χ3n) is 4.93. The molecule has 1 saturated heterocycles. The largest absolute Gasteiger partial charge is 0.497 e. The Bertz CT molecular complexity index is 1130. The van der Waals surface area contributed by atoms with Gasteiger partial charge in [0.05, 0.1) is 31.6 Å². The minimum Gasteiger partial charge on any atom is -0.497 e. The number of carbonyl (C=O) groups excluding carboxylic acids is 1. The molecule has 1 aliphatic heterocycles. The molecule has 10 nitrogen and oxygen atoms in total. The van der Waals surface area contributed by atoms with E-state index in [9.17, 15) is 9.59 Å². The van der Waals surface area contributed by atoms with Crippen molar-refractivity contribution in [2.24, 2.45) is 7.05 Å². The molecule has 1 atom stereocenters. The second-order valence-corrected chi connectivity index (χ2v) is 6.96. The van der Waals surface area contributed by atoms with Gasteiger partial charge in [-0.3, -0.25) is 14.2 Å². The highest BCUT2D eigenvalue weighted by Crippen LogP contribution is 2.20. The predicted octanol–water partition coefficient (Wildman–Crippen LogP) is 1.09. The van der Waals surface area contributed by atoms with Crippen LogP contribution in [0.4, 0.5) is 11.6 Å². The van der Waals surface area contributed by atoms with Gasteiger partial charge in [-0.05, 0) is 18.2 Å². The van der Waals surface area contributed by atoms with Crippen molar-refractivity contribution in [3.63, 3.8) is 0 Å². The van der Waals surface area contributed by atoms with Gasteiger partial charge < -0.3 is 19.7 Å². The van der Waals surface area contributed by atoms with Crippen LogP contribution in [0.1, 0.15) is 0 Å². The SMILES string of the molecule is COc1cccc(NC(=O)C2CN(c3nc(-c4ccncn4)cc(=O)n3C)CCO2)c1. The van der Waals surface area contributed by atoms with E-state index in [1.165, 1.54) is 17.0 Å². The molecule has 2 aromatic heterocycles. The number of anilines is 2. The summed E-state index contributed by atoms with van der Waals surface area (Å²) in [6.45, 7) is 1.07. The van der Waals surface area contributed by atoms with Crippen molar-refractivity contribution in [1.29, 1.82) is 0 Å². The molecule has 160 valence electrons. The highest BCUT2D eigenvalue weighted by atomic mass is 16.5. The molecule has 3 heterocycles. The molecular weight excluding hydrogens is 400 g/mol. The minimum atomic E-state index is -0.723. The summed E-state index contributed by atoms with van der Waals surface area (Å²) in [6, 6.07) is 10.2. The maximum Gasteiger partial charge on any atom is 0.255 e. The first-order chi connectivity index (χ1) is 15.0. The maximum atomic E-state index is 12.8. The van der Waals surface area contributed by atoms with Crippen LogP contribution in [-0.4, -0.2) is 58.3 Å². The lowest BCUT2D eigenvalue weighted by Gasteiger charge is -2.33. The van der Waals surface area contributed by atoms with Gasteiger partial charge >= 0.3 is 0 Å². The summed E-state index contributed by atoms with van der Waals surface area (Å²) in [5, 5.41) is 2.85. The zero-order chi connectivity index (χ0) is 21.8. The zero-order valence-corrected chi connectivity index (χ0v) is 17.2. The Kier molecular flexibility index (Phi) is 5.89. The van der Waals surface area contributed by atoms with Crippen LogP contribution >= 0.6 is 0 Å². The van der Waals surface area contributed by atoms with E-state index in [4.69, 9.17) is 9.47 Å². The summed E-state index contributed by atoms with van der Waals surface area (Å²) in [5.41, 5.74) is 1.39. The molecule has 0 bridgehead atoms. The van der Waals surface area contributed by atoms with Crippen LogP contribution < -0.4 is 20.5 Å². The summed E-state index contributed by atoms with van der Waals surface area (Å²) in [4.78, 5) is 39.9. The van der Waals surface area contributed by atoms with Crippen molar-refractivity contribution in [3.05, 3.63) is 59.3 Å².